The Kier molecular flexibility index (Phi) is 6.62. The maximum Gasteiger partial charge on any atom is 0.260 e. The van der Waals surface area contributed by atoms with Crippen LogP contribution in [0.5, 0.6) is 0 Å². The molecule has 6 nitrogen and oxygen atoms in total. The summed E-state index contributed by atoms with van der Waals surface area (Å²) in [6, 6.07) is 6.88. The maximum absolute atomic E-state index is 15.5. The number of fused-ring (bicyclic) bond motifs is 1. The number of amides is 1. The number of aliphatic hydroxyl groups excluding tert-OH is 1. The van der Waals surface area contributed by atoms with E-state index in [4.69, 9.17) is 5.73 Å². The van der Waals surface area contributed by atoms with Gasteiger partial charge in [0, 0.05) is 47.6 Å². The van der Waals surface area contributed by atoms with E-state index in [1.165, 1.54) is 29.3 Å². The smallest absolute Gasteiger partial charge is 0.260 e. The van der Waals surface area contributed by atoms with Crippen LogP contribution in [0.2, 0.25) is 0 Å². The maximum atomic E-state index is 15.5. The van der Waals surface area contributed by atoms with Crippen LogP contribution in [0.3, 0.4) is 0 Å². The number of nitrogen functional groups attached to an aromatic ring is 1. The van der Waals surface area contributed by atoms with Gasteiger partial charge < -0.3 is 15.7 Å². The number of aliphatic hydroxyl groups is 1. The average Bonchev–Trinajstić information content (AvgIpc) is 3.22. The van der Waals surface area contributed by atoms with Crippen molar-refractivity contribution in [3.8, 4) is 11.1 Å². The summed E-state index contributed by atoms with van der Waals surface area (Å²) in [7, 11) is 0. The molecular weight excluding hydrogens is 459 g/mol. The van der Waals surface area contributed by atoms with Crippen LogP contribution in [0.15, 0.2) is 42.6 Å². The number of anilines is 2. The minimum Gasteiger partial charge on any atom is -0.383 e. The molecule has 0 spiro atoms. The lowest BCUT2D eigenvalue weighted by Gasteiger charge is -2.21. The standard InChI is InChI=1S/C26H24F3N3O3/c1-13(2)7-22(33)20-10-15(12-31-25(20)30)18-3-4-21-19(23(18)29)5-6-32(21)26(35)24(34)14-8-16(27)11-17(28)9-14/h3-4,8-13,24,34H,5-7H2,1-2H3,(H2,30,31). The SMILES string of the molecule is CC(C)CC(=O)c1cc(-c2ccc3c(c2F)CCN3C(=O)C(O)c2cc(F)cc(F)c2)cnc1N. The zero-order valence-corrected chi connectivity index (χ0v) is 19.2. The fourth-order valence-corrected chi connectivity index (χ4v) is 4.25. The van der Waals surface area contributed by atoms with Crippen molar-refractivity contribution in [1.29, 1.82) is 0 Å². The molecule has 1 aliphatic heterocycles. The molecule has 35 heavy (non-hydrogen) atoms. The number of aromatic nitrogens is 1. The van der Waals surface area contributed by atoms with Gasteiger partial charge in [0.25, 0.3) is 5.91 Å². The van der Waals surface area contributed by atoms with Crippen molar-refractivity contribution < 1.29 is 27.9 Å². The van der Waals surface area contributed by atoms with Gasteiger partial charge in [-0.25, -0.2) is 18.2 Å². The summed E-state index contributed by atoms with van der Waals surface area (Å²) in [6.07, 6.45) is 0.0138. The fourth-order valence-electron chi connectivity index (χ4n) is 4.25. The Hall–Kier alpha value is -3.72. The van der Waals surface area contributed by atoms with Gasteiger partial charge in [-0.05, 0) is 48.2 Å². The number of Topliss-reactive ketones (excluding diaryl/α,β-unsaturated/α-hetero) is 1. The van der Waals surface area contributed by atoms with E-state index in [9.17, 15) is 23.5 Å². The van der Waals surface area contributed by atoms with Crippen molar-refractivity contribution in [2.24, 2.45) is 5.92 Å². The molecule has 182 valence electrons. The Labute approximate surface area is 200 Å². The molecule has 0 bridgehead atoms. The Morgan fingerprint density at radius 1 is 1.11 bits per heavy atom. The highest BCUT2D eigenvalue weighted by molar-refractivity contribution is 6.01. The number of hydrogen-bond acceptors (Lipinski definition) is 5. The molecule has 0 radical (unpaired) electrons. The van der Waals surface area contributed by atoms with Crippen LogP contribution in [0.1, 0.15) is 47.9 Å². The number of ketones is 1. The van der Waals surface area contributed by atoms with Gasteiger partial charge in [0.15, 0.2) is 11.9 Å². The molecule has 9 heteroatoms. The summed E-state index contributed by atoms with van der Waals surface area (Å²) in [4.78, 5) is 30.7. The summed E-state index contributed by atoms with van der Waals surface area (Å²) < 4.78 is 42.6. The Morgan fingerprint density at radius 2 is 1.80 bits per heavy atom. The molecule has 0 saturated carbocycles. The number of benzene rings is 2. The minimum atomic E-state index is -1.82. The molecule has 4 rings (SSSR count). The molecule has 3 aromatic rings. The van der Waals surface area contributed by atoms with E-state index >= 15 is 4.39 Å². The predicted octanol–water partition coefficient (Wildman–Crippen LogP) is 4.60. The van der Waals surface area contributed by atoms with Crippen LogP contribution in [-0.4, -0.2) is 28.3 Å². The van der Waals surface area contributed by atoms with Gasteiger partial charge in [-0.15, -0.1) is 0 Å². The molecule has 2 aromatic carbocycles. The molecule has 1 unspecified atom stereocenters. The predicted molar refractivity (Wildman–Crippen MR) is 125 cm³/mol. The Bertz CT molecular complexity index is 1310. The van der Waals surface area contributed by atoms with Crippen LogP contribution in [0.25, 0.3) is 11.1 Å². The summed E-state index contributed by atoms with van der Waals surface area (Å²) in [5.74, 6) is -3.26. The van der Waals surface area contributed by atoms with E-state index in [2.05, 4.69) is 4.98 Å². The van der Waals surface area contributed by atoms with Gasteiger partial charge in [-0.1, -0.05) is 13.8 Å². The zero-order chi connectivity index (χ0) is 25.4. The van der Waals surface area contributed by atoms with E-state index in [0.29, 0.717) is 11.6 Å². The largest absolute Gasteiger partial charge is 0.383 e. The van der Waals surface area contributed by atoms with Crippen LogP contribution < -0.4 is 10.6 Å². The van der Waals surface area contributed by atoms with E-state index in [1.807, 2.05) is 13.8 Å². The molecule has 1 atom stereocenters. The first-order valence-corrected chi connectivity index (χ1v) is 11.1. The van der Waals surface area contributed by atoms with Crippen molar-refractivity contribution in [2.45, 2.75) is 32.8 Å². The summed E-state index contributed by atoms with van der Waals surface area (Å²) in [5.41, 5.74) is 6.93. The first kappa shape index (κ1) is 24.4. The fraction of sp³-hybridized carbons (Fsp3) is 0.269. The highest BCUT2D eigenvalue weighted by Crippen LogP contribution is 2.37. The number of rotatable bonds is 6. The lowest BCUT2D eigenvalue weighted by Crippen LogP contribution is -2.33. The second-order valence-corrected chi connectivity index (χ2v) is 8.95. The number of carbonyl (C=O) groups is 2. The van der Waals surface area contributed by atoms with Gasteiger partial charge in [0.1, 0.15) is 23.3 Å². The zero-order valence-electron chi connectivity index (χ0n) is 19.2. The molecule has 0 aliphatic carbocycles. The summed E-state index contributed by atoms with van der Waals surface area (Å²) in [5, 5.41) is 10.4. The number of carbonyl (C=O) groups excluding carboxylic acids is 2. The van der Waals surface area contributed by atoms with E-state index in [0.717, 1.165) is 12.1 Å². The van der Waals surface area contributed by atoms with Crippen LogP contribution in [0.4, 0.5) is 24.7 Å². The minimum absolute atomic E-state index is 0.0699. The first-order chi connectivity index (χ1) is 16.6. The molecule has 1 amide bonds. The topological polar surface area (TPSA) is 96.5 Å². The number of nitrogens with two attached hydrogens (primary N) is 1. The summed E-state index contributed by atoms with van der Waals surface area (Å²) >= 11 is 0. The molecule has 1 aromatic heterocycles. The molecule has 2 heterocycles. The van der Waals surface area contributed by atoms with E-state index in [-0.39, 0.29) is 64.8 Å². The van der Waals surface area contributed by atoms with Gasteiger partial charge in [-0.3, -0.25) is 9.59 Å². The molecule has 0 saturated heterocycles. The first-order valence-electron chi connectivity index (χ1n) is 11.1. The van der Waals surface area contributed by atoms with Crippen LogP contribution in [-0.2, 0) is 11.2 Å². The monoisotopic (exact) mass is 483 g/mol. The Morgan fingerprint density at radius 3 is 2.46 bits per heavy atom. The van der Waals surface area contributed by atoms with Crippen LogP contribution in [0, 0.1) is 23.4 Å². The molecule has 0 fully saturated rings. The normalized spacial score (nSPS) is 13.7. The van der Waals surface area contributed by atoms with Crippen molar-refractivity contribution in [1.82, 2.24) is 4.98 Å². The molecular formula is C26H24F3N3O3. The number of halogens is 3. The van der Waals surface area contributed by atoms with E-state index in [1.54, 1.807) is 0 Å². The van der Waals surface area contributed by atoms with Crippen molar-refractivity contribution in [3.63, 3.8) is 0 Å². The van der Waals surface area contributed by atoms with E-state index < -0.39 is 29.5 Å². The van der Waals surface area contributed by atoms with Gasteiger partial charge in [0.05, 0.1) is 5.56 Å². The molecule has 3 N–H and O–H groups in total. The second-order valence-electron chi connectivity index (χ2n) is 8.95. The Balaban J connectivity index is 1.65. The van der Waals surface area contributed by atoms with Crippen molar-refractivity contribution in [3.05, 3.63) is 76.7 Å². The average molecular weight is 483 g/mol. The van der Waals surface area contributed by atoms with Gasteiger partial charge in [-0.2, -0.15) is 0 Å². The third-order valence-corrected chi connectivity index (χ3v) is 5.92. The third-order valence-electron chi connectivity index (χ3n) is 5.92. The highest BCUT2D eigenvalue weighted by atomic mass is 19.1. The lowest BCUT2D eigenvalue weighted by molar-refractivity contribution is -0.126. The lowest BCUT2D eigenvalue weighted by atomic mass is 9.97. The number of pyridine rings is 1. The van der Waals surface area contributed by atoms with Gasteiger partial charge in [0.2, 0.25) is 0 Å². The van der Waals surface area contributed by atoms with Gasteiger partial charge >= 0.3 is 0 Å². The van der Waals surface area contributed by atoms with Crippen LogP contribution >= 0.6 is 0 Å². The quantitative estimate of drug-likeness (QED) is 0.500. The third kappa shape index (κ3) is 4.77. The van der Waals surface area contributed by atoms with Crippen molar-refractivity contribution >= 4 is 23.2 Å². The van der Waals surface area contributed by atoms with Crippen molar-refractivity contribution in [2.75, 3.05) is 17.2 Å². The highest BCUT2D eigenvalue weighted by Gasteiger charge is 2.33. The number of nitrogens with zero attached hydrogens (tertiary/aromatic N) is 2. The summed E-state index contributed by atoms with van der Waals surface area (Å²) in [6.45, 7) is 3.89. The number of hydrogen-bond donors (Lipinski definition) is 2. The second kappa shape index (κ2) is 9.50. The molecule has 1 aliphatic rings.